The SMILES string of the molecule is Nc1ccc(I)c2c1OCC(Cl)O2. The second kappa shape index (κ2) is 3.42. The topological polar surface area (TPSA) is 44.5 Å². The molecule has 1 aromatic rings. The Morgan fingerprint density at radius 2 is 2.23 bits per heavy atom. The minimum absolute atomic E-state index is 0.332. The number of rotatable bonds is 0. The molecule has 70 valence electrons. The van der Waals surface area contributed by atoms with Gasteiger partial charge in [0.2, 0.25) is 5.56 Å². The Balaban J connectivity index is 2.51. The molecule has 1 aromatic carbocycles. The van der Waals surface area contributed by atoms with Crippen LogP contribution in [0, 0.1) is 3.57 Å². The highest BCUT2D eigenvalue weighted by Gasteiger charge is 2.22. The molecule has 0 saturated carbocycles. The Labute approximate surface area is 94.3 Å². The first-order valence-electron chi connectivity index (χ1n) is 3.70. The van der Waals surface area contributed by atoms with Crippen molar-refractivity contribution in [3.05, 3.63) is 15.7 Å². The first kappa shape index (κ1) is 9.21. The average molecular weight is 312 g/mol. The molecule has 0 fully saturated rings. The molecule has 0 bridgehead atoms. The summed E-state index contributed by atoms with van der Waals surface area (Å²) in [6.45, 7) is 0.332. The fraction of sp³-hybridized carbons (Fsp3) is 0.250. The van der Waals surface area contributed by atoms with Crippen molar-refractivity contribution in [3.8, 4) is 11.5 Å². The maximum atomic E-state index is 5.78. The number of benzene rings is 1. The molecular weight excluding hydrogens is 304 g/mol. The Morgan fingerprint density at radius 3 is 3.00 bits per heavy atom. The van der Waals surface area contributed by atoms with Crippen LogP contribution in [0.15, 0.2) is 12.1 Å². The highest BCUT2D eigenvalue weighted by molar-refractivity contribution is 14.1. The van der Waals surface area contributed by atoms with E-state index in [0.29, 0.717) is 23.8 Å². The number of fused-ring (bicyclic) bond motifs is 1. The zero-order valence-electron chi connectivity index (χ0n) is 6.59. The van der Waals surface area contributed by atoms with Gasteiger partial charge in [0, 0.05) is 0 Å². The van der Waals surface area contributed by atoms with Gasteiger partial charge in [-0.3, -0.25) is 0 Å². The van der Waals surface area contributed by atoms with Crippen LogP contribution in [-0.4, -0.2) is 12.2 Å². The number of anilines is 1. The summed E-state index contributed by atoms with van der Waals surface area (Å²) in [4.78, 5) is 0. The smallest absolute Gasteiger partial charge is 0.206 e. The maximum Gasteiger partial charge on any atom is 0.206 e. The fourth-order valence-electron chi connectivity index (χ4n) is 1.12. The van der Waals surface area contributed by atoms with Gasteiger partial charge in [0.1, 0.15) is 6.61 Å². The Kier molecular flexibility index (Phi) is 2.42. The predicted octanol–water partition coefficient (Wildman–Crippen LogP) is 2.21. The van der Waals surface area contributed by atoms with E-state index in [1.807, 2.05) is 6.07 Å². The molecule has 13 heavy (non-hydrogen) atoms. The highest BCUT2D eigenvalue weighted by Crippen LogP contribution is 2.41. The van der Waals surface area contributed by atoms with Gasteiger partial charge >= 0.3 is 0 Å². The first-order chi connectivity index (χ1) is 6.18. The second-order valence-corrected chi connectivity index (χ2v) is 4.28. The van der Waals surface area contributed by atoms with Crippen molar-refractivity contribution in [2.24, 2.45) is 0 Å². The molecule has 0 radical (unpaired) electrons. The van der Waals surface area contributed by atoms with Crippen molar-refractivity contribution >= 4 is 39.9 Å². The van der Waals surface area contributed by atoms with E-state index < -0.39 is 5.56 Å². The van der Waals surface area contributed by atoms with Crippen molar-refractivity contribution in [3.63, 3.8) is 0 Å². The van der Waals surface area contributed by atoms with Gasteiger partial charge in [0.05, 0.1) is 9.26 Å². The molecule has 5 heteroatoms. The molecule has 1 heterocycles. The Morgan fingerprint density at radius 1 is 1.46 bits per heavy atom. The van der Waals surface area contributed by atoms with Crippen molar-refractivity contribution in [2.75, 3.05) is 12.3 Å². The summed E-state index contributed by atoms with van der Waals surface area (Å²) in [6, 6.07) is 3.66. The van der Waals surface area contributed by atoms with Crippen LogP contribution in [0.2, 0.25) is 0 Å². The molecule has 0 amide bonds. The predicted molar refractivity (Wildman–Crippen MR) is 59.3 cm³/mol. The van der Waals surface area contributed by atoms with Gasteiger partial charge in [0.15, 0.2) is 11.5 Å². The van der Waals surface area contributed by atoms with E-state index in [-0.39, 0.29) is 0 Å². The monoisotopic (exact) mass is 311 g/mol. The van der Waals surface area contributed by atoms with E-state index in [0.717, 1.165) is 3.57 Å². The van der Waals surface area contributed by atoms with Crippen molar-refractivity contribution in [1.29, 1.82) is 0 Å². The lowest BCUT2D eigenvalue weighted by molar-refractivity contribution is 0.144. The lowest BCUT2D eigenvalue weighted by Crippen LogP contribution is -2.24. The minimum Gasteiger partial charge on any atom is -0.482 e. The summed E-state index contributed by atoms with van der Waals surface area (Å²) in [5.41, 5.74) is 5.86. The first-order valence-corrected chi connectivity index (χ1v) is 5.21. The molecule has 0 saturated heterocycles. The van der Waals surface area contributed by atoms with Crippen LogP contribution in [-0.2, 0) is 0 Å². The van der Waals surface area contributed by atoms with Gasteiger partial charge in [-0.15, -0.1) is 0 Å². The van der Waals surface area contributed by atoms with Crippen molar-refractivity contribution < 1.29 is 9.47 Å². The molecule has 1 aliphatic heterocycles. The number of hydrogen-bond donors (Lipinski definition) is 1. The molecular formula is C8H7ClINO2. The molecule has 0 aromatic heterocycles. The number of alkyl halides is 1. The lowest BCUT2D eigenvalue weighted by atomic mass is 10.2. The third-order valence-corrected chi connectivity index (χ3v) is 2.76. The Bertz CT molecular complexity index is 345. The van der Waals surface area contributed by atoms with Crippen LogP contribution < -0.4 is 15.2 Å². The number of nitrogen functional groups attached to an aromatic ring is 1. The lowest BCUT2D eigenvalue weighted by Gasteiger charge is -2.24. The molecule has 1 aliphatic rings. The van der Waals surface area contributed by atoms with Crippen LogP contribution in [0.5, 0.6) is 11.5 Å². The van der Waals surface area contributed by atoms with Gasteiger partial charge in [-0.1, -0.05) is 11.6 Å². The molecule has 3 nitrogen and oxygen atoms in total. The Hall–Kier alpha value is -0.360. The molecule has 2 rings (SSSR count). The third-order valence-electron chi connectivity index (χ3n) is 1.70. The van der Waals surface area contributed by atoms with E-state index in [2.05, 4.69) is 22.6 Å². The van der Waals surface area contributed by atoms with Crippen LogP contribution in [0.4, 0.5) is 5.69 Å². The summed E-state index contributed by atoms with van der Waals surface area (Å²) in [5, 5.41) is 0. The summed E-state index contributed by atoms with van der Waals surface area (Å²) in [7, 11) is 0. The zero-order valence-corrected chi connectivity index (χ0v) is 9.50. The van der Waals surface area contributed by atoms with Gasteiger partial charge in [-0.25, -0.2) is 0 Å². The van der Waals surface area contributed by atoms with E-state index in [9.17, 15) is 0 Å². The molecule has 1 atom stereocenters. The molecule has 0 aliphatic carbocycles. The second-order valence-electron chi connectivity index (χ2n) is 2.63. The third kappa shape index (κ3) is 1.65. The fourth-order valence-corrected chi connectivity index (χ4v) is 1.83. The largest absolute Gasteiger partial charge is 0.482 e. The van der Waals surface area contributed by atoms with Crippen molar-refractivity contribution in [2.45, 2.75) is 5.56 Å². The van der Waals surface area contributed by atoms with Crippen molar-refractivity contribution in [1.82, 2.24) is 0 Å². The normalized spacial score (nSPS) is 20.0. The van der Waals surface area contributed by atoms with Gasteiger partial charge in [-0.2, -0.15) is 0 Å². The van der Waals surface area contributed by atoms with Gasteiger partial charge in [0.25, 0.3) is 0 Å². The van der Waals surface area contributed by atoms with E-state index in [1.165, 1.54) is 0 Å². The quantitative estimate of drug-likeness (QED) is 0.454. The number of ether oxygens (including phenoxy) is 2. The molecule has 2 N–H and O–H groups in total. The average Bonchev–Trinajstić information content (AvgIpc) is 2.12. The van der Waals surface area contributed by atoms with Gasteiger partial charge in [-0.05, 0) is 34.7 Å². The summed E-state index contributed by atoms with van der Waals surface area (Å²) in [5.74, 6) is 1.25. The summed E-state index contributed by atoms with van der Waals surface area (Å²) < 4.78 is 11.7. The van der Waals surface area contributed by atoms with Crippen LogP contribution in [0.3, 0.4) is 0 Å². The maximum absolute atomic E-state index is 5.78. The number of nitrogens with two attached hydrogens (primary N) is 1. The molecule has 0 spiro atoms. The van der Waals surface area contributed by atoms with E-state index >= 15 is 0 Å². The van der Waals surface area contributed by atoms with Crippen LogP contribution in [0.1, 0.15) is 0 Å². The highest BCUT2D eigenvalue weighted by atomic mass is 127. The van der Waals surface area contributed by atoms with E-state index in [4.69, 9.17) is 26.8 Å². The summed E-state index contributed by atoms with van der Waals surface area (Å²) in [6.07, 6.45) is 0. The minimum atomic E-state index is -0.428. The number of hydrogen-bond acceptors (Lipinski definition) is 3. The zero-order chi connectivity index (χ0) is 9.42. The number of halogens is 2. The van der Waals surface area contributed by atoms with E-state index in [1.54, 1.807) is 6.07 Å². The van der Waals surface area contributed by atoms with Crippen LogP contribution >= 0.6 is 34.2 Å². The standard InChI is InChI=1S/C8H7ClINO2/c9-6-3-12-8-5(11)2-1-4(10)7(8)13-6/h1-2,6H,3,11H2. The summed E-state index contributed by atoms with van der Waals surface area (Å²) >= 11 is 7.93. The van der Waals surface area contributed by atoms with Crippen LogP contribution in [0.25, 0.3) is 0 Å². The van der Waals surface area contributed by atoms with Gasteiger partial charge < -0.3 is 15.2 Å². The molecule has 1 unspecified atom stereocenters.